The first-order chi connectivity index (χ1) is 11.0. The Bertz CT molecular complexity index is 715. The van der Waals surface area contributed by atoms with Crippen LogP contribution in [0.25, 0.3) is 5.76 Å². The third-order valence-electron chi connectivity index (χ3n) is 4.44. The van der Waals surface area contributed by atoms with Crippen molar-refractivity contribution in [2.24, 2.45) is 5.92 Å². The number of allylic oxidation sites excluding steroid dienone is 2. The highest BCUT2D eigenvalue weighted by atomic mass is 35.5. The first-order valence-corrected chi connectivity index (χ1v) is 8.23. The lowest BCUT2D eigenvalue weighted by Crippen LogP contribution is -2.27. The molecule has 0 saturated heterocycles. The predicted molar refractivity (Wildman–Crippen MR) is 92.9 cm³/mol. The molecule has 0 radical (unpaired) electrons. The fourth-order valence-corrected chi connectivity index (χ4v) is 2.91. The number of likely N-dealkylation sites (N-methyl/N-ethyl adjacent to an activating group) is 1. The normalized spacial score (nSPS) is 21.0. The van der Waals surface area contributed by atoms with E-state index >= 15 is 0 Å². The fourth-order valence-electron chi connectivity index (χ4n) is 2.71. The monoisotopic (exact) mass is 329 g/mol. The molecule has 23 heavy (non-hydrogen) atoms. The van der Waals surface area contributed by atoms with Crippen LogP contribution in [0.3, 0.4) is 0 Å². The highest BCUT2D eigenvalue weighted by molar-refractivity contribution is 6.31. The van der Waals surface area contributed by atoms with Gasteiger partial charge in [0.1, 0.15) is 17.6 Å². The Balaban J connectivity index is 1.83. The molecule has 2 aliphatic heterocycles. The van der Waals surface area contributed by atoms with Crippen molar-refractivity contribution >= 4 is 23.1 Å². The Labute approximate surface area is 141 Å². The van der Waals surface area contributed by atoms with Gasteiger partial charge in [-0.15, -0.1) is 0 Å². The SMILES string of the molecule is CC[C@@H](C)C(=O)c1ccc(C2=CC3C(=C(Cl)C=CN3C)O2)cc1. The Morgan fingerprint density at radius 1 is 1.35 bits per heavy atom. The summed E-state index contributed by atoms with van der Waals surface area (Å²) < 4.78 is 5.93. The molecule has 0 fully saturated rings. The summed E-state index contributed by atoms with van der Waals surface area (Å²) in [5, 5.41) is 0.628. The number of ketones is 1. The first kappa shape index (κ1) is 15.9. The summed E-state index contributed by atoms with van der Waals surface area (Å²) in [7, 11) is 1.99. The molecule has 0 saturated carbocycles. The van der Waals surface area contributed by atoms with Crippen LogP contribution < -0.4 is 0 Å². The molecule has 0 N–H and O–H groups in total. The highest BCUT2D eigenvalue weighted by Gasteiger charge is 2.31. The van der Waals surface area contributed by atoms with E-state index in [2.05, 4.69) is 4.90 Å². The molecular formula is C19H20ClNO2. The summed E-state index contributed by atoms with van der Waals surface area (Å²) in [4.78, 5) is 14.3. The van der Waals surface area contributed by atoms with E-state index in [-0.39, 0.29) is 17.7 Å². The van der Waals surface area contributed by atoms with E-state index in [1.54, 1.807) is 0 Å². The van der Waals surface area contributed by atoms with Crippen molar-refractivity contribution in [3.8, 4) is 0 Å². The van der Waals surface area contributed by atoms with Gasteiger partial charge < -0.3 is 9.64 Å². The van der Waals surface area contributed by atoms with Crippen LogP contribution >= 0.6 is 11.6 Å². The van der Waals surface area contributed by atoms with Gasteiger partial charge in [0.2, 0.25) is 0 Å². The Morgan fingerprint density at radius 2 is 2.04 bits per heavy atom. The minimum Gasteiger partial charge on any atom is -0.457 e. The van der Waals surface area contributed by atoms with Crippen molar-refractivity contribution < 1.29 is 9.53 Å². The Kier molecular flexibility index (Phi) is 4.31. The summed E-state index contributed by atoms with van der Waals surface area (Å²) >= 11 is 6.22. The number of benzene rings is 1. The molecule has 0 spiro atoms. The minimum absolute atomic E-state index is 0.0314. The van der Waals surface area contributed by atoms with E-state index in [1.165, 1.54) is 0 Å². The lowest BCUT2D eigenvalue weighted by Gasteiger charge is -2.24. The number of halogens is 1. The molecule has 0 aromatic heterocycles. The number of ether oxygens (including phenoxy) is 1. The van der Waals surface area contributed by atoms with Gasteiger partial charge >= 0.3 is 0 Å². The Hall–Kier alpha value is -2.00. The number of hydrogen-bond acceptors (Lipinski definition) is 3. The van der Waals surface area contributed by atoms with Gasteiger partial charge in [-0.2, -0.15) is 0 Å². The van der Waals surface area contributed by atoms with Gasteiger partial charge in [0, 0.05) is 30.3 Å². The zero-order valence-electron chi connectivity index (χ0n) is 13.5. The molecule has 120 valence electrons. The second kappa shape index (κ2) is 6.25. The number of hydrogen-bond donors (Lipinski definition) is 0. The smallest absolute Gasteiger partial charge is 0.165 e. The van der Waals surface area contributed by atoms with Gasteiger partial charge in [-0.3, -0.25) is 4.79 Å². The third-order valence-corrected chi connectivity index (χ3v) is 4.75. The molecule has 1 aromatic carbocycles. The van der Waals surface area contributed by atoms with Crippen LogP contribution in [0.5, 0.6) is 0 Å². The topological polar surface area (TPSA) is 29.5 Å². The van der Waals surface area contributed by atoms with E-state index < -0.39 is 0 Å². The van der Waals surface area contributed by atoms with Crippen molar-refractivity contribution in [2.45, 2.75) is 26.3 Å². The number of fused-ring (bicyclic) bond motifs is 1. The first-order valence-electron chi connectivity index (χ1n) is 7.85. The third kappa shape index (κ3) is 2.93. The summed E-state index contributed by atoms with van der Waals surface area (Å²) in [6.07, 6.45) is 6.67. The van der Waals surface area contributed by atoms with E-state index in [9.17, 15) is 4.79 Å². The molecule has 2 aliphatic rings. The summed E-state index contributed by atoms with van der Waals surface area (Å²) in [5.74, 6) is 1.77. The van der Waals surface area contributed by atoms with Crippen LogP contribution in [0.1, 0.15) is 36.2 Å². The molecule has 3 nitrogen and oxygen atoms in total. The predicted octanol–water partition coefficient (Wildman–Crippen LogP) is 4.56. The van der Waals surface area contributed by atoms with Gasteiger partial charge in [-0.25, -0.2) is 0 Å². The van der Waals surface area contributed by atoms with Crippen molar-refractivity contribution in [1.29, 1.82) is 0 Å². The molecule has 2 heterocycles. The van der Waals surface area contributed by atoms with Gasteiger partial charge in [-0.05, 0) is 18.6 Å². The molecule has 0 bridgehead atoms. The number of rotatable bonds is 4. The van der Waals surface area contributed by atoms with Crippen LogP contribution in [-0.4, -0.2) is 23.8 Å². The zero-order valence-corrected chi connectivity index (χ0v) is 14.3. The molecular weight excluding hydrogens is 310 g/mol. The van der Waals surface area contributed by atoms with Crippen LogP contribution in [0.2, 0.25) is 0 Å². The number of Topliss-reactive ketones (excluding diaryl/α,β-unsaturated/α-hetero) is 1. The van der Waals surface area contributed by atoms with E-state index in [0.29, 0.717) is 5.03 Å². The van der Waals surface area contributed by atoms with Crippen molar-refractivity contribution in [2.75, 3.05) is 7.05 Å². The number of carbonyl (C=O) groups is 1. The maximum atomic E-state index is 12.2. The number of carbonyl (C=O) groups excluding carboxylic acids is 1. The molecule has 3 rings (SSSR count). The van der Waals surface area contributed by atoms with Gasteiger partial charge in [0.05, 0.1) is 5.03 Å². The Morgan fingerprint density at radius 3 is 2.65 bits per heavy atom. The molecule has 2 atom stereocenters. The zero-order chi connectivity index (χ0) is 16.6. The molecule has 0 amide bonds. The quantitative estimate of drug-likeness (QED) is 0.758. The summed E-state index contributed by atoms with van der Waals surface area (Å²) in [5.41, 5.74) is 1.70. The average Bonchev–Trinajstić information content (AvgIpc) is 3.03. The lowest BCUT2D eigenvalue weighted by molar-refractivity contribution is 0.0927. The lowest BCUT2D eigenvalue weighted by atomic mass is 9.96. The molecule has 0 aliphatic carbocycles. The average molecular weight is 330 g/mol. The van der Waals surface area contributed by atoms with Gasteiger partial charge in [0.25, 0.3) is 0 Å². The van der Waals surface area contributed by atoms with Gasteiger partial charge in [-0.1, -0.05) is 49.7 Å². The molecule has 1 unspecified atom stereocenters. The van der Waals surface area contributed by atoms with Crippen molar-refractivity contribution in [3.63, 3.8) is 0 Å². The minimum atomic E-state index is 0.0314. The van der Waals surface area contributed by atoms with E-state index in [0.717, 1.165) is 29.1 Å². The largest absolute Gasteiger partial charge is 0.457 e. The van der Waals surface area contributed by atoms with Crippen LogP contribution in [0.15, 0.2) is 53.4 Å². The maximum absolute atomic E-state index is 12.2. The summed E-state index contributed by atoms with van der Waals surface area (Å²) in [6.45, 7) is 3.98. The van der Waals surface area contributed by atoms with Crippen LogP contribution in [-0.2, 0) is 4.74 Å². The standard InChI is InChI=1S/C19H20ClNO2/c1-4-12(2)18(22)14-7-5-13(6-8-14)17-11-16-19(23-17)15(20)9-10-21(16)3/h5-12,16H,4H2,1-3H3/t12-,16?/m1/s1. The second-order valence-electron chi connectivity index (χ2n) is 6.02. The molecule has 4 heteroatoms. The second-order valence-corrected chi connectivity index (χ2v) is 6.43. The van der Waals surface area contributed by atoms with E-state index in [4.69, 9.17) is 16.3 Å². The summed E-state index contributed by atoms with van der Waals surface area (Å²) in [6, 6.07) is 7.63. The van der Waals surface area contributed by atoms with Crippen LogP contribution in [0, 0.1) is 5.92 Å². The van der Waals surface area contributed by atoms with Crippen LogP contribution in [0.4, 0.5) is 0 Å². The van der Waals surface area contributed by atoms with Gasteiger partial charge in [0.15, 0.2) is 5.78 Å². The molecule has 1 aromatic rings. The maximum Gasteiger partial charge on any atom is 0.165 e. The number of nitrogens with zero attached hydrogens (tertiary/aromatic N) is 1. The van der Waals surface area contributed by atoms with Crippen molar-refractivity contribution in [3.05, 3.63) is 64.5 Å². The fraction of sp³-hybridized carbons (Fsp3) is 0.316. The highest BCUT2D eigenvalue weighted by Crippen LogP contribution is 2.37. The van der Waals surface area contributed by atoms with Crippen molar-refractivity contribution in [1.82, 2.24) is 4.90 Å². The van der Waals surface area contributed by atoms with E-state index in [1.807, 2.05) is 63.5 Å².